The summed E-state index contributed by atoms with van der Waals surface area (Å²) in [7, 11) is 1.40. The van der Waals surface area contributed by atoms with E-state index in [1.807, 2.05) is 6.07 Å². The van der Waals surface area contributed by atoms with Crippen LogP contribution >= 0.6 is 0 Å². The summed E-state index contributed by atoms with van der Waals surface area (Å²) < 4.78 is 5.13. The molecule has 0 aromatic heterocycles. The van der Waals surface area contributed by atoms with Crippen molar-refractivity contribution in [3.8, 4) is 5.75 Å². The number of rotatable bonds is 6. The van der Waals surface area contributed by atoms with Gasteiger partial charge in [0.05, 0.1) is 17.7 Å². The highest BCUT2D eigenvalue weighted by Gasteiger charge is 2.15. The smallest absolute Gasteiger partial charge is 0.271 e. The lowest BCUT2D eigenvalue weighted by Crippen LogP contribution is -2.13. The third-order valence-electron chi connectivity index (χ3n) is 4.09. The number of amides is 1. The van der Waals surface area contributed by atoms with E-state index in [0.29, 0.717) is 22.4 Å². The fraction of sp³-hybridized carbons (Fsp3) is 0.0476. The van der Waals surface area contributed by atoms with E-state index in [4.69, 9.17) is 4.74 Å². The second kappa shape index (κ2) is 8.13. The Labute approximate surface area is 160 Å². The third kappa shape index (κ3) is 4.04. The second-order valence-electron chi connectivity index (χ2n) is 5.87. The number of nitro benzene ring substituents is 1. The predicted octanol–water partition coefficient (Wildman–Crippen LogP) is 4.09. The first kappa shape index (κ1) is 18.8. The number of non-ortho nitro benzene ring substituents is 1. The molecule has 3 rings (SSSR count). The number of benzene rings is 3. The van der Waals surface area contributed by atoms with Gasteiger partial charge in [0.2, 0.25) is 0 Å². The lowest BCUT2D eigenvalue weighted by atomic mass is 10.0. The number of nitrogens with zero attached hydrogens (tertiary/aromatic N) is 1. The van der Waals surface area contributed by atoms with Crippen molar-refractivity contribution < 1.29 is 19.2 Å². The Morgan fingerprint density at radius 1 is 0.893 bits per heavy atom. The number of carbonyl (C=O) groups is 2. The Morgan fingerprint density at radius 3 is 2.11 bits per heavy atom. The minimum Gasteiger partial charge on any atom is -0.495 e. The van der Waals surface area contributed by atoms with E-state index in [9.17, 15) is 19.7 Å². The standard InChI is InChI=1S/C21H16N2O5/c1-28-19-12-11-17(23(26)27)13-18(19)22-21(25)16-9-7-15(8-10-16)20(24)14-5-3-2-4-6-14/h2-13H,1H3,(H,22,25). The van der Waals surface area contributed by atoms with Crippen LogP contribution in [-0.4, -0.2) is 23.7 Å². The summed E-state index contributed by atoms with van der Waals surface area (Å²) in [5, 5.41) is 13.5. The first-order valence-corrected chi connectivity index (χ1v) is 8.33. The molecule has 3 aromatic rings. The molecule has 0 saturated carbocycles. The monoisotopic (exact) mass is 376 g/mol. The third-order valence-corrected chi connectivity index (χ3v) is 4.09. The van der Waals surface area contributed by atoms with Gasteiger partial charge in [-0.1, -0.05) is 42.5 Å². The van der Waals surface area contributed by atoms with E-state index in [2.05, 4.69) is 5.32 Å². The van der Waals surface area contributed by atoms with E-state index >= 15 is 0 Å². The van der Waals surface area contributed by atoms with Crippen LogP contribution in [0.4, 0.5) is 11.4 Å². The number of nitrogens with one attached hydrogen (secondary N) is 1. The molecule has 7 nitrogen and oxygen atoms in total. The summed E-state index contributed by atoms with van der Waals surface area (Å²) in [6.45, 7) is 0. The lowest BCUT2D eigenvalue weighted by molar-refractivity contribution is -0.384. The molecule has 0 spiro atoms. The van der Waals surface area contributed by atoms with E-state index in [1.165, 1.54) is 37.4 Å². The van der Waals surface area contributed by atoms with Crippen LogP contribution in [0.5, 0.6) is 5.75 Å². The number of hydrogen-bond donors (Lipinski definition) is 1. The summed E-state index contributed by atoms with van der Waals surface area (Å²) in [6, 6.07) is 18.9. The van der Waals surface area contributed by atoms with Gasteiger partial charge in [-0.05, 0) is 18.2 Å². The minimum absolute atomic E-state index is 0.145. The van der Waals surface area contributed by atoms with Gasteiger partial charge >= 0.3 is 0 Å². The molecule has 1 N–H and O–H groups in total. The van der Waals surface area contributed by atoms with Gasteiger partial charge in [0.25, 0.3) is 11.6 Å². The molecule has 0 unspecified atom stereocenters. The Balaban J connectivity index is 1.80. The number of ketones is 1. The molecule has 0 aliphatic rings. The maximum absolute atomic E-state index is 12.5. The van der Waals surface area contributed by atoms with E-state index in [0.717, 1.165) is 0 Å². The average Bonchev–Trinajstić information content (AvgIpc) is 2.73. The molecule has 0 fully saturated rings. The van der Waals surface area contributed by atoms with Crippen molar-refractivity contribution >= 4 is 23.1 Å². The summed E-state index contributed by atoms with van der Waals surface area (Å²) >= 11 is 0. The molecule has 0 aliphatic heterocycles. The van der Waals surface area contributed by atoms with Crippen molar-refractivity contribution in [1.82, 2.24) is 0 Å². The fourth-order valence-corrected chi connectivity index (χ4v) is 2.63. The molecule has 0 bridgehead atoms. The molecular formula is C21H16N2O5. The second-order valence-corrected chi connectivity index (χ2v) is 5.87. The van der Waals surface area contributed by atoms with Crippen LogP contribution < -0.4 is 10.1 Å². The molecule has 140 valence electrons. The Bertz CT molecular complexity index is 1030. The zero-order chi connectivity index (χ0) is 20.1. The zero-order valence-electron chi connectivity index (χ0n) is 14.9. The number of carbonyl (C=O) groups excluding carboxylic acids is 2. The molecule has 0 aliphatic carbocycles. The number of anilines is 1. The molecule has 7 heteroatoms. The SMILES string of the molecule is COc1ccc([N+](=O)[O-])cc1NC(=O)c1ccc(C(=O)c2ccccc2)cc1. The lowest BCUT2D eigenvalue weighted by Gasteiger charge is -2.10. The van der Waals surface area contributed by atoms with Crippen LogP contribution in [0.3, 0.4) is 0 Å². The van der Waals surface area contributed by atoms with Crippen LogP contribution in [0.25, 0.3) is 0 Å². The largest absolute Gasteiger partial charge is 0.495 e. The van der Waals surface area contributed by atoms with E-state index < -0.39 is 10.8 Å². The highest BCUT2D eigenvalue weighted by molar-refractivity contribution is 6.10. The average molecular weight is 376 g/mol. The molecule has 1 amide bonds. The van der Waals surface area contributed by atoms with Crippen LogP contribution in [0.2, 0.25) is 0 Å². The summed E-state index contributed by atoms with van der Waals surface area (Å²) in [5.74, 6) is -0.319. The Hall–Kier alpha value is -4.00. The number of hydrogen-bond acceptors (Lipinski definition) is 5. The number of ether oxygens (including phenoxy) is 1. The Morgan fingerprint density at radius 2 is 1.50 bits per heavy atom. The number of nitro groups is 1. The molecule has 3 aromatic carbocycles. The van der Waals surface area contributed by atoms with Crippen LogP contribution in [0, 0.1) is 10.1 Å². The van der Waals surface area contributed by atoms with Crippen molar-refractivity contribution in [2.75, 3.05) is 12.4 Å². The van der Waals surface area contributed by atoms with Gasteiger partial charge in [0.15, 0.2) is 5.78 Å². The highest BCUT2D eigenvalue weighted by atomic mass is 16.6. The molecule has 28 heavy (non-hydrogen) atoms. The van der Waals surface area contributed by atoms with Gasteiger partial charge in [-0.25, -0.2) is 0 Å². The number of methoxy groups -OCH3 is 1. The van der Waals surface area contributed by atoms with E-state index in [1.54, 1.807) is 36.4 Å². The van der Waals surface area contributed by atoms with Gasteiger partial charge in [-0.2, -0.15) is 0 Å². The van der Waals surface area contributed by atoms with Crippen LogP contribution in [0.1, 0.15) is 26.3 Å². The van der Waals surface area contributed by atoms with Crippen molar-refractivity contribution in [3.05, 3.63) is 99.6 Å². The van der Waals surface area contributed by atoms with Gasteiger partial charge in [0.1, 0.15) is 5.75 Å². The highest BCUT2D eigenvalue weighted by Crippen LogP contribution is 2.29. The van der Waals surface area contributed by atoms with Gasteiger partial charge in [0, 0.05) is 28.8 Å². The summed E-state index contributed by atoms with van der Waals surface area (Å²) in [6.07, 6.45) is 0. The van der Waals surface area contributed by atoms with Crippen molar-refractivity contribution in [3.63, 3.8) is 0 Å². The molecule has 0 heterocycles. The van der Waals surface area contributed by atoms with Crippen molar-refractivity contribution in [2.24, 2.45) is 0 Å². The Kier molecular flexibility index (Phi) is 5.45. The fourth-order valence-electron chi connectivity index (χ4n) is 2.63. The normalized spacial score (nSPS) is 10.2. The van der Waals surface area contributed by atoms with Gasteiger partial charge < -0.3 is 10.1 Å². The first-order chi connectivity index (χ1) is 13.5. The van der Waals surface area contributed by atoms with Gasteiger partial charge in [-0.3, -0.25) is 19.7 Å². The van der Waals surface area contributed by atoms with Crippen molar-refractivity contribution in [2.45, 2.75) is 0 Å². The zero-order valence-corrected chi connectivity index (χ0v) is 14.9. The van der Waals surface area contributed by atoms with Crippen molar-refractivity contribution in [1.29, 1.82) is 0 Å². The quantitative estimate of drug-likeness (QED) is 0.397. The molecule has 0 radical (unpaired) electrons. The summed E-state index contributed by atoms with van der Waals surface area (Å²) in [4.78, 5) is 35.3. The van der Waals surface area contributed by atoms with Crippen LogP contribution in [-0.2, 0) is 0 Å². The molecule has 0 atom stereocenters. The molecule has 0 saturated heterocycles. The maximum atomic E-state index is 12.5. The molecular weight excluding hydrogens is 360 g/mol. The summed E-state index contributed by atoms with van der Waals surface area (Å²) in [5.41, 5.74) is 1.33. The van der Waals surface area contributed by atoms with E-state index in [-0.39, 0.29) is 17.2 Å². The predicted molar refractivity (Wildman–Crippen MR) is 104 cm³/mol. The topological polar surface area (TPSA) is 98.5 Å². The van der Waals surface area contributed by atoms with Crippen LogP contribution in [0.15, 0.2) is 72.8 Å². The maximum Gasteiger partial charge on any atom is 0.271 e. The first-order valence-electron chi connectivity index (χ1n) is 8.33. The van der Waals surface area contributed by atoms with Gasteiger partial charge in [-0.15, -0.1) is 0 Å². The minimum atomic E-state index is -0.556.